The smallest absolute Gasteiger partial charge is 0.254 e. The molecule has 38 heavy (non-hydrogen) atoms. The number of sulfonamides is 1. The highest BCUT2D eigenvalue weighted by Gasteiger charge is 2.35. The molecule has 3 aliphatic carbocycles. The Morgan fingerprint density at radius 3 is 2.47 bits per heavy atom. The molecular formula is C29H34N4O4S. The molecule has 200 valence electrons. The third kappa shape index (κ3) is 4.34. The summed E-state index contributed by atoms with van der Waals surface area (Å²) >= 11 is 0. The molecule has 1 amide bonds. The van der Waals surface area contributed by atoms with E-state index in [1.807, 2.05) is 41.3 Å². The average molecular weight is 535 g/mol. The zero-order valence-electron chi connectivity index (χ0n) is 21.7. The number of hydrogen-bond donors (Lipinski definition) is 1. The maximum Gasteiger partial charge on any atom is 0.254 e. The SMILES string of the molecule is CC1C=C(NS(=O)(=O)C2CCC2)C=CC1c1c(C#N)c2ccc(C(=O)N3CCOCC3)cc2n1C1CCC1. The Labute approximate surface area is 224 Å². The van der Waals surface area contributed by atoms with Gasteiger partial charge in [-0.3, -0.25) is 9.52 Å². The second-order valence-corrected chi connectivity index (χ2v) is 13.0. The van der Waals surface area contributed by atoms with Gasteiger partial charge in [-0.15, -0.1) is 0 Å². The minimum absolute atomic E-state index is 0.00568. The summed E-state index contributed by atoms with van der Waals surface area (Å²) in [4.78, 5) is 15.1. The summed E-state index contributed by atoms with van der Waals surface area (Å²) < 4.78 is 35.9. The van der Waals surface area contributed by atoms with E-state index >= 15 is 0 Å². The Morgan fingerprint density at radius 2 is 1.87 bits per heavy atom. The van der Waals surface area contributed by atoms with Crippen LogP contribution in [0.2, 0.25) is 0 Å². The summed E-state index contributed by atoms with van der Waals surface area (Å²) in [5.41, 5.74) is 3.77. The number of ether oxygens (including phenoxy) is 1. The number of allylic oxidation sites excluding steroid dienone is 3. The molecule has 2 heterocycles. The summed E-state index contributed by atoms with van der Waals surface area (Å²) in [7, 11) is -3.37. The quantitative estimate of drug-likeness (QED) is 0.593. The van der Waals surface area contributed by atoms with Crippen LogP contribution in [0.15, 0.2) is 42.1 Å². The van der Waals surface area contributed by atoms with Crippen molar-refractivity contribution in [2.75, 3.05) is 26.3 Å². The van der Waals surface area contributed by atoms with E-state index in [1.54, 1.807) is 0 Å². The van der Waals surface area contributed by atoms with Gasteiger partial charge in [0, 0.05) is 47.4 Å². The van der Waals surface area contributed by atoms with Gasteiger partial charge in [-0.25, -0.2) is 8.42 Å². The first-order valence-corrected chi connectivity index (χ1v) is 15.3. The molecule has 1 aliphatic heterocycles. The monoisotopic (exact) mass is 534 g/mol. The number of carbonyl (C=O) groups excluding carboxylic acids is 1. The fourth-order valence-corrected chi connectivity index (χ4v) is 7.64. The van der Waals surface area contributed by atoms with Crippen LogP contribution in [0.4, 0.5) is 0 Å². The summed E-state index contributed by atoms with van der Waals surface area (Å²) in [6, 6.07) is 8.47. The third-order valence-corrected chi connectivity index (χ3v) is 10.6. The van der Waals surface area contributed by atoms with E-state index in [0.29, 0.717) is 56.0 Å². The van der Waals surface area contributed by atoms with Gasteiger partial charge in [0.1, 0.15) is 6.07 Å². The molecule has 0 bridgehead atoms. The highest BCUT2D eigenvalue weighted by atomic mass is 32.2. The van der Waals surface area contributed by atoms with Gasteiger partial charge in [-0.05, 0) is 56.2 Å². The number of rotatable bonds is 6. The molecule has 9 heteroatoms. The van der Waals surface area contributed by atoms with Crippen LogP contribution in [0.1, 0.15) is 79.0 Å². The van der Waals surface area contributed by atoms with Gasteiger partial charge in [0.15, 0.2) is 0 Å². The molecule has 4 aliphatic rings. The van der Waals surface area contributed by atoms with Crippen molar-refractivity contribution < 1.29 is 17.9 Å². The first kappa shape index (κ1) is 25.2. The zero-order chi connectivity index (χ0) is 26.4. The lowest BCUT2D eigenvalue weighted by Gasteiger charge is -2.34. The van der Waals surface area contributed by atoms with Crippen LogP contribution in [0.3, 0.4) is 0 Å². The van der Waals surface area contributed by atoms with Crippen LogP contribution in [0.25, 0.3) is 10.9 Å². The molecule has 6 rings (SSSR count). The molecular weight excluding hydrogens is 500 g/mol. The molecule has 0 radical (unpaired) electrons. The van der Waals surface area contributed by atoms with Crippen molar-refractivity contribution in [2.24, 2.45) is 5.92 Å². The lowest BCUT2D eigenvalue weighted by molar-refractivity contribution is 0.0303. The third-order valence-electron chi connectivity index (χ3n) is 8.70. The molecule has 1 saturated heterocycles. The van der Waals surface area contributed by atoms with Crippen molar-refractivity contribution in [3.63, 3.8) is 0 Å². The largest absolute Gasteiger partial charge is 0.378 e. The van der Waals surface area contributed by atoms with Crippen LogP contribution in [0, 0.1) is 17.2 Å². The van der Waals surface area contributed by atoms with Crippen molar-refractivity contribution in [1.82, 2.24) is 14.2 Å². The number of nitriles is 1. The topological polar surface area (TPSA) is 104 Å². The Balaban J connectivity index is 1.37. The highest BCUT2D eigenvalue weighted by molar-refractivity contribution is 7.90. The lowest BCUT2D eigenvalue weighted by Crippen LogP contribution is -2.40. The van der Waals surface area contributed by atoms with E-state index in [4.69, 9.17) is 4.74 Å². The van der Waals surface area contributed by atoms with Crippen LogP contribution < -0.4 is 4.72 Å². The maximum absolute atomic E-state index is 13.3. The minimum atomic E-state index is -3.37. The molecule has 1 N–H and O–H groups in total. The normalized spacial score (nSPS) is 24.4. The van der Waals surface area contributed by atoms with Gasteiger partial charge in [0.05, 0.1) is 29.5 Å². The Morgan fingerprint density at radius 1 is 1.13 bits per heavy atom. The van der Waals surface area contributed by atoms with E-state index in [2.05, 4.69) is 22.3 Å². The van der Waals surface area contributed by atoms with Crippen LogP contribution in [-0.4, -0.2) is 55.3 Å². The molecule has 1 aromatic carbocycles. The van der Waals surface area contributed by atoms with E-state index < -0.39 is 10.0 Å². The van der Waals surface area contributed by atoms with Gasteiger partial charge >= 0.3 is 0 Å². The second-order valence-electron chi connectivity index (χ2n) is 11.0. The molecule has 2 unspecified atom stereocenters. The van der Waals surface area contributed by atoms with Crippen molar-refractivity contribution >= 4 is 26.8 Å². The predicted octanol–water partition coefficient (Wildman–Crippen LogP) is 4.36. The molecule has 2 aromatic rings. The van der Waals surface area contributed by atoms with Gasteiger partial charge in [0.2, 0.25) is 10.0 Å². The molecule has 2 atom stereocenters. The zero-order valence-corrected chi connectivity index (χ0v) is 22.5. The Bertz CT molecular complexity index is 1470. The van der Waals surface area contributed by atoms with E-state index in [9.17, 15) is 18.5 Å². The van der Waals surface area contributed by atoms with E-state index in [1.165, 1.54) is 0 Å². The van der Waals surface area contributed by atoms with Crippen molar-refractivity contribution in [1.29, 1.82) is 5.26 Å². The van der Waals surface area contributed by atoms with Gasteiger partial charge in [0.25, 0.3) is 5.91 Å². The number of hydrogen-bond acceptors (Lipinski definition) is 5. The average Bonchev–Trinajstić information content (AvgIpc) is 3.14. The number of nitrogens with zero attached hydrogens (tertiary/aromatic N) is 3. The van der Waals surface area contributed by atoms with Crippen LogP contribution in [0.5, 0.6) is 0 Å². The molecule has 2 saturated carbocycles. The molecule has 1 aromatic heterocycles. The lowest BCUT2D eigenvalue weighted by atomic mass is 9.83. The first-order valence-electron chi connectivity index (χ1n) is 13.7. The summed E-state index contributed by atoms with van der Waals surface area (Å²) in [6.45, 7) is 4.33. The van der Waals surface area contributed by atoms with Crippen molar-refractivity contribution in [3.8, 4) is 6.07 Å². The number of benzene rings is 1. The highest BCUT2D eigenvalue weighted by Crippen LogP contribution is 2.44. The van der Waals surface area contributed by atoms with Gasteiger partial charge in [-0.2, -0.15) is 5.26 Å². The first-order chi connectivity index (χ1) is 18.4. The van der Waals surface area contributed by atoms with Crippen molar-refractivity contribution in [2.45, 2.75) is 62.7 Å². The second kappa shape index (κ2) is 9.90. The minimum Gasteiger partial charge on any atom is -0.378 e. The molecule has 8 nitrogen and oxygen atoms in total. The Kier molecular flexibility index (Phi) is 6.57. The predicted molar refractivity (Wildman–Crippen MR) is 145 cm³/mol. The Hall–Kier alpha value is -3.09. The van der Waals surface area contributed by atoms with Crippen molar-refractivity contribution in [3.05, 3.63) is 58.9 Å². The maximum atomic E-state index is 13.3. The van der Waals surface area contributed by atoms with E-state index in [-0.39, 0.29) is 29.0 Å². The summed E-state index contributed by atoms with van der Waals surface area (Å²) in [6.07, 6.45) is 11.5. The van der Waals surface area contributed by atoms with Gasteiger partial charge in [-0.1, -0.05) is 31.6 Å². The van der Waals surface area contributed by atoms with E-state index in [0.717, 1.165) is 42.3 Å². The number of morpholine rings is 1. The molecule has 0 spiro atoms. The van der Waals surface area contributed by atoms with Gasteiger partial charge < -0.3 is 14.2 Å². The number of fused-ring (bicyclic) bond motifs is 1. The standard InChI is InChI=1S/C29H34N4O4S/c1-19-16-21(31-38(35,36)23-6-3-7-23)9-11-24(19)28-26(18-30)25-10-8-20(29(34)32-12-14-37-15-13-32)17-27(25)33(28)22-4-2-5-22/h8-11,16-17,19,22-24,31H,2-7,12-15H2,1H3. The molecule has 3 fully saturated rings. The summed E-state index contributed by atoms with van der Waals surface area (Å²) in [5, 5.41) is 10.9. The fourth-order valence-electron chi connectivity index (χ4n) is 6.06. The number of aromatic nitrogens is 1. The summed E-state index contributed by atoms with van der Waals surface area (Å²) in [5.74, 6) is -0.0920. The number of carbonyl (C=O) groups is 1. The fraction of sp³-hybridized carbons (Fsp3) is 0.517. The number of amides is 1. The number of nitrogens with one attached hydrogen (secondary N) is 1. The van der Waals surface area contributed by atoms with Crippen LogP contribution >= 0.6 is 0 Å². The van der Waals surface area contributed by atoms with Crippen LogP contribution in [-0.2, 0) is 14.8 Å².